The smallest absolute Gasteiger partial charge is 0.00471 e. The van der Waals surface area contributed by atoms with Crippen LogP contribution in [0, 0.1) is 11.3 Å². The van der Waals surface area contributed by atoms with Gasteiger partial charge in [0.25, 0.3) is 0 Å². The summed E-state index contributed by atoms with van der Waals surface area (Å²) in [5.41, 5.74) is 0.544. The van der Waals surface area contributed by atoms with E-state index in [0.717, 1.165) is 5.92 Å². The van der Waals surface area contributed by atoms with E-state index in [-0.39, 0.29) is 0 Å². The first kappa shape index (κ1) is 18.0. The highest BCUT2D eigenvalue weighted by Gasteiger charge is 2.34. The van der Waals surface area contributed by atoms with Crippen LogP contribution in [-0.4, -0.2) is 38.1 Å². The Morgan fingerprint density at radius 1 is 1.10 bits per heavy atom. The second-order valence-corrected chi connectivity index (χ2v) is 7.30. The third-order valence-electron chi connectivity index (χ3n) is 5.01. The molecule has 0 aromatic heterocycles. The van der Waals surface area contributed by atoms with Gasteiger partial charge in [0, 0.05) is 13.1 Å². The molecule has 0 aromatic carbocycles. The minimum atomic E-state index is 0.544. The average Bonchev–Trinajstić information content (AvgIpc) is 2.43. The van der Waals surface area contributed by atoms with Gasteiger partial charge in [-0.15, -0.1) is 0 Å². The van der Waals surface area contributed by atoms with Crippen molar-refractivity contribution in [3.63, 3.8) is 0 Å². The van der Waals surface area contributed by atoms with Gasteiger partial charge < -0.3 is 10.2 Å². The molecule has 0 atom stereocenters. The van der Waals surface area contributed by atoms with Crippen molar-refractivity contribution in [3.05, 3.63) is 0 Å². The highest BCUT2D eigenvalue weighted by Crippen LogP contribution is 2.39. The lowest BCUT2D eigenvalue weighted by molar-refractivity contribution is 0.0982. The summed E-state index contributed by atoms with van der Waals surface area (Å²) < 4.78 is 0. The van der Waals surface area contributed by atoms with Gasteiger partial charge in [0.2, 0.25) is 0 Å². The van der Waals surface area contributed by atoms with Crippen molar-refractivity contribution < 1.29 is 0 Å². The fraction of sp³-hybridized carbons (Fsp3) is 1.00. The largest absolute Gasteiger partial charge is 0.316 e. The predicted molar refractivity (Wildman–Crippen MR) is 90.2 cm³/mol. The molecule has 1 saturated carbocycles. The Bertz CT molecular complexity index is 232. The van der Waals surface area contributed by atoms with E-state index in [1.54, 1.807) is 0 Å². The minimum Gasteiger partial charge on any atom is -0.316 e. The van der Waals surface area contributed by atoms with E-state index in [1.165, 1.54) is 77.5 Å². The molecular formula is C18H38N2. The highest BCUT2D eigenvalue weighted by atomic mass is 15.1. The second-order valence-electron chi connectivity index (χ2n) is 7.30. The summed E-state index contributed by atoms with van der Waals surface area (Å²) >= 11 is 0. The second kappa shape index (κ2) is 9.78. The lowest BCUT2D eigenvalue weighted by Gasteiger charge is -2.42. The topological polar surface area (TPSA) is 15.3 Å². The zero-order valence-electron chi connectivity index (χ0n) is 14.5. The van der Waals surface area contributed by atoms with Crippen LogP contribution < -0.4 is 5.32 Å². The summed E-state index contributed by atoms with van der Waals surface area (Å²) in [5, 5.41) is 3.71. The molecule has 0 radical (unpaired) electrons. The third kappa shape index (κ3) is 6.58. The van der Waals surface area contributed by atoms with E-state index < -0.39 is 0 Å². The van der Waals surface area contributed by atoms with Crippen LogP contribution in [0.5, 0.6) is 0 Å². The summed E-state index contributed by atoms with van der Waals surface area (Å²) in [6.07, 6.45) is 11.0. The summed E-state index contributed by atoms with van der Waals surface area (Å²) in [6.45, 7) is 12.0. The fourth-order valence-corrected chi connectivity index (χ4v) is 3.58. The van der Waals surface area contributed by atoms with E-state index in [1.807, 2.05) is 0 Å². The SMILES string of the molecule is CCCCCN(C)CC1(CNCCC)CCC(C)CC1. The lowest BCUT2D eigenvalue weighted by atomic mass is 9.70. The van der Waals surface area contributed by atoms with Crippen LogP contribution in [0.15, 0.2) is 0 Å². The van der Waals surface area contributed by atoms with Gasteiger partial charge in [-0.25, -0.2) is 0 Å². The number of hydrogen-bond acceptors (Lipinski definition) is 2. The van der Waals surface area contributed by atoms with Crippen molar-refractivity contribution in [2.45, 2.75) is 72.1 Å². The molecule has 1 rings (SSSR count). The summed E-state index contributed by atoms with van der Waals surface area (Å²) in [4.78, 5) is 2.60. The van der Waals surface area contributed by atoms with Crippen molar-refractivity contribution in [1.82, 2.24) is 10.2 Å². The van der Waals surface area contributed by atoms with E-state index in [0.29, 0.717) is 5.41 Å². The van der Waals surface area contributed by atoms with Gasteiger partial charge in [0.05, 0.1) is 0 Å². The Morgan fingerprint density at radius 3 is 2.40 bits per heavy atom. The molecule has 20 heavy (non-hydrogen) atoms. The quantitative estimate of drug-likeness (QED) is 0.601. The number of nitrogens with one attached hydrogen (secondary N) is 1. The van der Waals surface area contributed by atoms with Crippen molar-refractivity contribution in [2.24, 2.45) is 11.3 Å². The number of nitrogens with zero attached hydrogens (tertiary/aromatic N) is 1. The molecule has 0 bridgehead atoms. The van der Waals surface area contributed by atoms with Gasteiger partial charge in [0.1, 0.15) is 0 Å². The first-order valence-corrected chi connectivity index (χ1v) is 9.01. The van der Waals surface area contributed by atoms with Gasteiger partial charge >= 0.3 is 0 Å². The summed E-state index contributed by atoms with van der Waals surface area (Å²) in [6, 6.07) is 0. The maximum atomic E-state index is 3.71. The standard InChI is InChI=1S/C18H38N2/c1-5-7-8-14-20(4)16-18(15-19-13-6-2)11-9-17(3)10-12-18/h17,19H,5-16H2,1-4H3. The van der Waals surface area contributed by atoms with Gasteiger partial charge in [-0.3, -0.25) is 0 Å². The normalized spacial score (nSPS) is 27.1. The molecule has 2 nitrogen and oxygen atoms in total. The monoisotopic (exact) mass is 282 g/mol. The zero-order valence-corrected chi connectivity index (χ0v) is 14.5. The Kier molecular flexibility index (Phi) is 8.79. The van der Waals surface area contributed by atoms with Crippen LogP contribution in [-0.2, 0) is 0 Å². The Hall–Kier alpha value is -0.0800. The molecule has 1 aliphatic rings. The van der Waals surface area contributed by atoms with Crippen LogP contribution in [0.2, 0.25) is 0 Å². The maximum absolute atomic E-state index is 3.71. The average molecular weight is 283 g/mol. The third-order valence-corrected chi connectivity index (χ3v) is 5.01. The van der Waals surface area contributed by atoms with Crippen LogP contribution in [0.3, 0.4) is 0 Å². The molecule has 0 aliphatic heterocycles. The molecule has 0 amide bonds. The fourth-order valence-electron chi connectivity index (χ4n) is 3.58. The van der Waals surface area contributed by atoms with Gasteiger partial charge in [-0.05, 0) is 57.2 Å². The van der Waals surface area contributed by atoms with Gasteiger partial charge in [-0.1, -0.05) is 46.5 Å². The minimum absolute atomic E-state index is 0.544. The maximum Gasteiger partial charge on any atom is 0.00471 e. The molecule has 0 spiro atoms. The Morgan fingerprint density at radius 2 is 1.80 bits per heavy atom. The van der Waals surface area contributed by atoms with Crippen LogP contribution >= 0.6 is 0 Å². The van der Waals surface area contributed by atoms with Crippen LogP contribution in [0.1, 0.15) is 72.1 Å². The summed E-state index contributed by atoms with van der Waals surface area (Å²) in [7, 11) is 2.33. The molecular weight excluding hydrogens is 244 g/mol. The molecule has 1 aliphatic carbocycles. The van der Waals surface area contributed by atoms with Crippen molar-refractivity contribution in [2.75, 3.05) is 33.2 Å². The molecule has 1 fully saturated rings. The number of rotatable bonds is 10. The molecule has 120 valence electrons. The Balaban J connectivity index is 2.44. The van der Waals surface area contributed by atoms with Gasteiger partial charge in [-0.2, -0.15) is 0 Å². The number of unbranched alkanes of at least 4 members (excludes halogenated alkanes) is 2. The zero-order chi connectivity index (χ0) is 14.8. The molecule has 0 heterocycles. The van der Waals surface area contributed by atoms with E-state index in [4.69, 9.17) is 0 Å². The first-order valence-electron chi connectivity index (χ1n) is 9.01. The van der Waals surface area contributed by atoms with Crippen LogP contribution in [0.4, 0.5) is 0 Å². The number of hydrogen-bond donors (Lipinski definition) is 1. The molecule has 0 saturated heterocycles. The molecule has 0 aromatic rings. The van der Waals surface area contributed by atoms with E-state index in [9.17, 15) is 0 Å². The predicted octanol–water partition coefficient (Wildman–Crippen LogP) is 4.30. The van der Waals surface area contributed by atoms with E-state index in [2.05, 4.69) is 38.0 Å². The Labute approximate surface area is 127 Å². The highest BCUT2D eigenvalue weighted by molar-refractivity contribution is 4.89. The lowest BCUT2D eigenvalue weighted by Crippen LogP contribution is -2.45. The van der Waals surface area contributed by atoms with Crippen molar-refractivity contribution in [3.8, 4) is 0 Å². The first-order chi connectivity index (χ1) is 9.62. The van der Waals surface area contributed by atoms with Gasteiger partial charge in [0.15, 0.2) is 0 Å². The molecule has 0 unspecified atom stereocenters. The van der Waals surface area contributed by atoms with E-state index >= 15 is 0 Å². The van der Waals surface area contributed by atoms with Crippen LogP contribution in [0.25, 0.3) is 0 Å². The molecule has 1 N–H and O–H groups in total. The van der Waals surface area contributed by atoms with Crippen molar-refractivity contribution in [1.29, 1.82) is 0 Å². The molecule has 2 heteroatoms. The summed E-state index contributed by atoms with van der Waals surface area (Å²) in [5.74, 6) is 0.944. The van der Waals surface area contributed by atoms with Crippen molar-refractivity contribution >= 4 is 0 Å².